The van der Waals surface area contributed by atoms with Gasteiger partial charge in [-0.3, -0.25) is 24.3 Å². The molecule has 0 aliphatic rings. The van der Waals surface area contributed by atoms with Gasteiger partial charge in [0.2, 0.25) is 5.91 Å². The Balaban J connectivity index is 2.24. The number of amides is 1. The first-order valence-electron chi connectivity index (χ1n) is 8.09. The van der Waals surface area contributed by atoms with Crippen molar-refractivity contribution in [2.24, 2.45) is 0 Å². The van der Waals surface area contributed by atoms with Gasteiger partial charge in [-0.2, -0.15) is 5.26 Å². The predicted molar refractivity (Wildman–Crippen MR) is 94.3 cm³/mol. The van der Waals surface area contributed by atoms with E-state index in [1.807, 2.05) is 37.3 Å². The van der Waals surface area contributed by atoms with Gasteiger partial charge >= 0.3 is 0 Å². The van der Waals surface area contributed by atoms with Crippen LogP contribution in [0.25, 0.3) is 0 Å². The quantitative estimate of drug-likeness (QED) is 0.604. The highest BCUT2D eigenvalue weighted by Gasteiger charge is 2.18. The molecule has 0 bridgehead atoms. The molecule has 1 aromatic carbocycles. The number of nitrogens with one attached hydrogen (secondary N) is 1. The summed E-state index contributed by atoms with van der Waals surface area (Å²) in [5.41, 5.74) is -0.589. The summed E-state index contributed by atoms with van der Waals surface area (Å²) in [5, 5.41) is 22.8. The van der Waals surface area contributed by atoms with Gasteiger partial charge in [0.25, 0.3) is 11.2 Å². The first-order valence-corrected chi connectivity index (χ1v) is 8.09. The van der Waals surface area contributed by atoms with E-state index in [2.05, 4.69) is 5.32 Å². The number of aromatic nitrogens is 1. The molecule has 8 heteroatoms. The molecule has 8 nitrogen and oxygen atoms in total. The minimum Gasteiger partial charge on any atom is -0.348 e. The summed E-state index contributed by atoms with van der Waals surface area (Å²) in [7, 11) is 0. The van der Waals surface area contributed by atoms with Gasteiger partial charge in [-0.1, -0.05) is 43.7 Å². The van der Waals surface area contributed by atoms with Gasteiger partial charge in [0, 0.05) is 6.07 Å². The van der Waals surface area contributed by atoms with E-state index in [4.69, 9.17) is 5.26 Å². The van der Waals surface area contributed by atoms with Crippen LogP contribution >= 0.6 is 0 Å². The third-order valence-electron chi connectivity index (χ3n) is 3.83. The molecule has 0 saturated heterocycles. The normalized spacial score (nSPS) is 11.4. The molecule has 0 unspecified atom stereocenters. The molecule has 134 valence electrons. The van der Waals surface area contributed by atoms with Gasteiger partial charge in [0.05, 0.1) is 17.2 Å². The van der Waals surface area contributed by atoms with Crippen molar-refractivity contribution < 1.29 is 9.72 Å². The maximum absolute atomic E-state index is 12.4. The average molecular weight is 354 g/mol. The van der Waals surface area contributed by atoms with E-state index in [1.165, 1.54) is 0 Å². The number of hydrogen-bond donors (Lipinski definition) is 1. The van der Waals surface area contributed by atoms with Crippen LogP contribution in [0.4, 0.5) is 5.69 Å². The average Bonchev–Trinajstić information content (AvgIpc) is 2.63. The van der Waals surface area contributed by atoms with Crippen LogP contribution in [0.2, 0.25) is 0 Å². The number of nitriles is 1. The number of carbonyl (C=O) groups excluding carboxylic acids is 1. The number of benzene rings is 1. The van der Waals surface area contributed by atoms with Crippen molar-refractivity contribution in [1.29, 1.82) is 5.26 Å². The van der Waals surface area contributed by atoms with Crippen LogP contribution in [-0.2, 0) is 11.3 Å². The highest BCUT2D eigenvalue weighted by molar-refractivity contribution is 5.76. The van der Waals surface area contributed by atoms with E-state index in [-0.39, 0.29) is 11.6 Å². The molecule has 0 radical (unpaired) electrons. The Kier molecular flexibility index (Phi) is 6.22. The molecule has 1 heterocycles. The van der Waals surface area contributed by atoms with E-state index < -0.39 is 28.6 Å². The Bertz CT molecular complexity index is 900. The summed E-state index contributed by atoms with van der Waals surface area (Å²) < 4.78 is 0.889. The largest absolute Gasteiger partial charge is 0.348 e. The molecule has 1 atom stereocenters. The van der Waals surface area contributed by atoms with Crippen LogP contribution in [0.1, 0.15) is 36.9 Å². The van der Waals surface area contributed by atoms with Gasteiger partial charge in [-0.25, -0.2) is 0 Å². The van der Waals surface area contributed by atoms with Crippen molar-refractivity contribution in [3.63, 3.8) is 0 Å². The lowest BCUT2D eigenvalue weighted by molar-refractivity contribution is -0.385. The zero-order valence-corrected chi connectivity index (χ0v) is 14.2. The van der Waals surface area contributed by atoms with Crippen molar-refractivity contribution in [2.75, 3.05) is 0 Å². The topological polar surface area (TPSA) is 118 Å². The third kappa shape index (κ3) is 4.54. The van der Waals surface area contributed by atoms with Crippen LogP contribution in [0.5, 0.6) is 0 Å². The monoisotopic (exact) mass is 354 g/mol. The molecule has 0 aliphatic carbocycles. The second-order valence-corrected chi connectivity index (χ2v) is 5.73. The van der Waals surface area contributed by atoms with Crippen molar-refractivity contribution in [3.05, 3.63) is 74.2 Å². The summed E-state index contributed by atoms with van der Waals surface area (Å²) in [6.45, 7) is 1.59. The Morgan fingerprint density at radius 2 is 2.08 bits per heavy atom. The molecule has 0 spiro atoms. The summed E-state index contributed by atoms with van der Waals surface area (Å²) in [5.74, 6) is -0.459. The molecule has 0 fully saturated rings. The van der Waals surface area contributed by atoms with E-state index in [0.29, 0.717) is 6.42 Å². The zero-order valence-electron chi connectivity index (χ0n) is 14.2. The van der Waals surface area contributed by atoms with Gasteiger partial charge in [-0.15, -0.1) is 0 Å². The fourth-order valence-electron chi connectivity index (χ4n) is 2.61. The van der Waals surface area contributed by atoms with Gasteiger partial charge in [-0.05, 0) is 12.0 Å². The molecular weight excluding hydrogens is 336 g/mol. The summed E-state index contributed by atoms with van der Waals surface area (Å²) in [6, 6.07) is 11.7. The minimum absolute atomic E-state index is 0.224. The van der Waals surface area contributed by atoms with Crippen LogP contribution in [0, 0.1) is 21.4 Å². The Morgan fingerprint density at radius 3 is 2.65 bits per heavy atom. The van der Waals surface area contributed by atoms with Crippen molar-refractivity contribution in [3.8, 4) is 6.07 Å². The fraction of sp³-hybridized carbons (Fsp3) is 0.278. The smallest absolute Gasteiger partial charge is 0.287 e. The first-order chi connectivity index (χ1) is 12.5. The number of nitro groups is 1. The molecule has 2 rings (SSSR count). The second-order valence-electron chi connectivity index (χ2n) is 5.73. The van der Waals surface area contributed by atoms with Crippen molar-refractivity contribution >= 4 is 11.6 Å². The lowest BCUT2D eigenvalue weighted by Crippen LogP contribution is -2.35. The Labute approximate surface area is 149 Å². The van der Waals surface area contributed by atoms with E-state index in [9.17, 15) is 19.7 Å². The van der Waals surface area contributed by atoms with Crippen LogP contribution in [-0.4, -0.2) is 15.4 Å². The van der Waals surface area contributed by atoms with Crippen LogP contribution < -0.4 is 10.9 Å². The van der Waals surface area contributed by atoms with E-state index in [1.54, 1.807) is 6.07 Å². The van der Waals surface area contributed by atoms with Crippen molar-refractivity contribution in [1.82, 2.24) is 9.88 Å². The summed E-state index contributed by atoms with van der Waals surface area (Å²) in [6.07, 6.45) is 2.53. The summed E-state index contributed by atoms with van der Waals surface area (Å²) in [4.78, 5) is 34.7. The Morgan fingerprint density at radius 1 is 1.38 bits per heavy atom. The van der Waals surface area contributed by atoms with E-state index >= 15 is 0 Å². The molecule has 0 aliphatic heterocycles. The Hall–Kier alpha value is -3.47. The molecule has 2 aromatic rings. The standard InChI is InChI=1S/C18H18N4O4/c1-2-6-16(13-7-4-3-5-8-13)20-17(23)12-21-11-15(22(25)26)9-14(10-19)18(21)24/h3-5,7-9,11,16H,2,6,12H2,1H3,(H,20,23)/t16-/m1/s1. The van der Waals surface area contributed by atoms with Crippen molar-refractivity contribution in [2.45, 2.75) is 32.4 Å². The third-order valence-corrected chi connectivity index (χ3v) is 3.83. The van der Waals surface area contributed by atoms with Crippen LogP contribution in [0.3, 0.4) is 0 Å². The highest BCUT2D eigenvalue weighted by atomic mass is 16.6. The minimum atomic E-state index is -0.736. The molecule has 0 saturated carbocycles. The number of carbonyl (C=O) groups is 1. The van der Waals surface area contributed by atoms with Gasteiger partial charge in [0.1, 0.15) is 18.2 Å². The molecule has 1 aromatic heterocycles. The SMILES string of the molecule is CCC[C@@H](NC(=O)Cn1cc([N+](=O)[O-])cc(C#N)c1=O)c1ccccc1. The van der Waals surface area contributed by atoms with Gasteiger partial charge in [0.15, 0.2) is 0 Å². The maximum atomic E-state index is 12.4. The lowest BCUT2D eigenvalue weighted by atomic mass is 10.0. The first kappa shape index (κ1) is 18.9. The summed E-state index contributed by atoms with van der Waals surface area (Å²) >= 11 is 0. The molecule has 26 heavy (non-hydrogen) atoms. The maximum Gasteiger partial charge on any atom is 0.287 e. The molecule has 1 N–H and O–H groups in total. The molecule has 1 amide bonds. The number of rotatable bonds is 7. The second kappa shape index (κ2) is 8.58. The zero-order chi connectivity index (χ0) is 19.1. The number of pyridine rings is 1. The fourth-order valence-corrected chi connectivity index (χ4v) is 2.61. The predicted octanol–water partition coefficient (Wildman–Crippen LogP) is 2.29. The molecular formula is C18H18N4O4. The highest BCUT2D eigenvalue weighted by Crippen LogP contribution is 2.18. The van der Waals surface area contributed by atoms with Crippen LogP contribution in [0.15, 0.2) is 47.4 Å². The number of hydrogen-bond acceptors (Lipinski definition) is 5. The number of nitrogens with zero attached hydrogens (tertiary/aromatic N) is 3. The van der Waals surface area contributed by atoms with E-state index in [0.717, 1.165) is 28.8 Å². The van der Waals surface area contributed by atoms with Gasteiger partial charge < -0.3 is 5.32 Å². The lowest BCUT2D eigenvalue weighted by Gasteiger charge is -2.19.